The van der Waals surface area contributed by atoms with Gasteiger partial charge in [0.1, 0.15) is 22.6 Å². The number of nitrogens with zero attached hydrogens (tertiary/aromatic N) is 3. The number of pyridine rings is 3. The van der Waals surface area contributed by atoms with E-state index in [1.165, 1.54) is 13.0 Å². The number of fused-ring (bicyclic) bond motifs is 1. The summed E-state index contributed by atoms with van der Waals surface area (Å²) in [7, 11) is 1.57. The molecule has 0 unspecified atom stereocenters. The van der Waals surface area contributed by atoms with Crippen molar-refractivity contribution in [3.63, 3.8) is 0 Å². The van der Waals surface area contributed by atoms with Gasteiger partial charge in [-0.3, -0.25) is 9.78 Å². The zero-order chi connectivity index (χ0) is 19.7. The summed E-state index contributed by atoms with van der Waals surface area (Å²) in [6, 6.07) is 9.84. The normalized spacial score (nSPS) is 10.8. The van der Waals surface area contributed by atoms with Gasteiger partial charge in [-0.2, -0.15) is 4.39 Å². The van der Waals surface area contributed by atoms with Gasteiger partial charge in [-0.05, 0) is 24.3 Å². The number of ether oxygens (including phenoxy) is 1. The molecule has 0 spiro atoms. The van der Waals surface area contributed by atoms with Gasteiger partial charge in [0.15, 0.2) is 0 Å². The van der Waals surface area contributed by atoms with Gasteiger partial charge in [0.25, 0.3) is 0 Å². The fourth-order valence-electron chi connectivity index (χ4n) is 3.08. The molecular weight excluding hydrogens is 361 g/mol. The second kappa shape index (κ2) is 7.07. The van der Waals surface area contributed by atoms with Crippen LogP contribution in [0.1, 0.15) is 6.92 Å². The van der Waals surface area contributed by atoms with Crippen LogP contribution >= 0.6 is 0 Å². The molecule has 1 amide bonds. The van der Waals surface area contributed by atoms with Gasteiger partial charge in [-0.1, -0.05) is 6.07 Å². The van der Waals surface area contributed by atoms with E-state index in [4.69, 9.17) is 4.74 Å². The third-order valence-corrected chi connectivity index (χ3v) is 4.19. The summed E-state index contributed by atoms with van der Waals surface area (Å²) in [5.74, 6) is 0.192. The molecule has 4 aromatic rings. The topological polar surface area (TPSA) is 92.8 Å². The van der Waals surface area contributed by atoms with E-state index in [0.717, 1.165) is 5.56 Å². The van der Waals surface area contributed by atoms with Crippen LogP contribution in [0, 0.1) is 5.95 Å². The number of rotatable bonds is 4. The average molecular weight is 377 g/mol. The van der Waals surface area contributed by atoms with Crippen molar-refractivity contribution in [2.75, 3.05) is 12.4 Å². The lowest BCUT2D eigenvalue weighted by Crippen LogP contribution is -2.07. The minimum absolute atomic E-state index is 0.225. The summed E-state index contributed by atoms with van der Waals surface area (Å²) >= 11 is 0. The molecule has 0 atom stereocenters. The first kappa shape index (κ1) is 17.6. The summed E-state index contributed by atoms with van der Waals surface area (Å²) in [5.41, 5.74) is 3.73. The van der Waals surface area contributed by atoms with E-state index < -0.39 is 5.95 Å². The molecule has 0 aromatic carbocycles. The molecule has 0 bridgehead atoms. The SMILES string of the molecule is COc1ccnc2c(-c3cccc(F)n3)c(-c3ccnc(NC(C)=O)c3)[nH]c12. The van der Waals surface area contributed by atoms with Crippen molar-refractivity contribution >= 4 is 22.8 Å². The van der Waals surface area contributed by atoms with Crippen molar-refractivity contribution in [3.05, 3.63) is 54.7 Å². The van der Waals surface area contributed by atoms with Crippen LogP contribution in [0.2, 0.25) is 0 Å². The number of halogens is 1. The van der Waals surface area contributed by atoms with Crippen molar-refractivity contribution in [1.82, 2.24) is 19.9 Å². The quantitative estimate of drug-likeness (QED) is 0.528. The number of hydrogen-bond donors (Lipinski definition) is 2. The summed E-state index contributed by atoms with van der Waals surface area (Å²) < 4.78 is 19.3. The standard InChI is InChI=1S/C20H16FN5O2/c1-11(27)24-16-10-12(6-8-22-16)18-17(13-4-3-5-15(21)25-13)20-19(26-18)14(28-2)7-9-23-20/h3-10,26H,1-2H3,(H,22,24,27). The molecule has 0 saturated carbocycles. The van der Waals surface area contributed by atoms with E-state index in [9.17, 15) is 9.18 Å². The lowest BCUT2D eigenvalue weighted by atomic mass is 10.0. The smallest absolute Gasteiger partial charge is 0.222 e. The van der Waals surface area contributed by atoms with Gasteiger partial charge in [-0.25, -0.2) is 9.97 Å². The predicted octanol–water partition coefficient (Wildman–Crippen LogP) is 3.79. The number of aromatic amines is 1. The van der Waals surface area contributed by atoms with Crippen LogP contribution in [0.3, 0.4) is 0 Å². The molecular formula is C20H16FN5O2. The van der Waals surface area contributed by atoms with Crippen LogP contribution in [-0.4, -0.2) is 33.0 Å². The lowest BCUT2D eigenvalue weighted by molar-refractivity contribution is -0.114. The maximum Gasteiger partial charge on any atom is 0.222 e. The molecule has 0 aliphatic heterocycles. The van der Waals surface area contributed by atoms with Crippen LogP contribution in [0.15, 0.2) is 48.8 Å². The van der Waals surface area contributed by atoms with Crippen LogP contribution in [0.4, 0.5) is 10.2 Å². The molecule has 0 aliphatic rings. The Labute approximate surface area is 159 Å². The Kier molecular flexibility index (Phi) is 4.44. The van der Waals surface area contributed by atoms with Crippen LogP contribution < -0.4 is 10.1 Å². The third-order valence-electron chi connectivity index (χ3n) is 4.19. The number of carbonyl (C=O) groups excluding carboxylic acids is 1. The first-order valence-corrected chi connectivity index (χ1v) is 8.48. The Morgan fingerprint density at radius 1 is 1.18 bits per heavy atom. The molecule has 0 fully saturated rings. The minimum Gasteiger partial charge on any atom is -0.494 e. The molecule has 2 N–H and O–H groups in total. The van der Waals surface area contributed by atoms with Gasteiger partial charge < -0.3 is 15.0 Å². The number of anilines is 1. The highest BCUT2D eigenvalue weighted by Gasteiger charge is 2.20. The van der Waals surface area contributed by atoms with E-state index in [2.05, 4.69) is 25.3 Å². The second-order valence-electron chi connectivity index (χ2n) is 6.07. The Morgan fingerprint density at radius 2 is 2.00 bits per heavy atom. The van der Waals surface area contributed by atoms with Gasteiger partial charge in [0.2, 0.25) is 11.9 Å². The highest BCUT2D eigenvalue weighted by molar-refractivity contribution is 6.03. The number of nitrogens with one attached hydrogen (secondary N) is 2. The van der Waals surface area contributed by atoms with Gasteiger partial charge >= 0.3 is 0 Å². The van der Waals surface area contributed by atoms with Gasteiger partial charge in [0.05, 0.1) is 24.1 Å². The number of aromatic nitrogens is 4. The molecule has 0 radical (unpaired) electrons. The molecule has 8 heteroatoms. The molecule has 140 valence electrons. The Hall–Kier alpha value is -3.81. The molecule has 28 heavy (non-hydrogen) atoms. The van der Waals surface area contributed by atoms with E-state index >= 15 is 0 Å². The number of hydrogen-bond acceptors (Lipinski definition) is 5. The molecule has 0 aliphatic carbocycles. The second-order valence-corrected chi connectivity index (χ2v) is 6.07. The fourth-order valence-corrected chi connectivity index (χ4v) is 3.08. The van der Waals surface area contributed by atoms with Crippen LogP contribution in [0.5, 0.6) is 5.75 Å². The molecule has 7 nitrogen and oxygen atoms in total. The highest BCUT2D eigenvalue weighted by Crippen LogP contribution is 2.39. The maximum absolute atomic E-state index is 13.8. The number of amides is 1. The number of carbonyl (C=O) groups is 1. The van der Waals surface area contributed by atoms with E-state index in [0.29, 0.717) is 39.6 Å². The van der Waals surface area contributed by atoms with Crippen molar-refractivity contribution in [2.45, 2.75) is 6.92 Å². The van der Waals surface area contributed by atoms with Crippen molar-refractivity contribution in [1.29, 1.82) is 0 Å². The largest absolute Gasteiger partial charge is 0.494 e. The minimum atomic E-state index is -0.589. The first-order valence-electron chi connectivity index (χ1n) is 8.48. The van der Waals surface area contributed by atoms with Crippen molar-refractivity contribution in [2.24, 2.45) is 0 Å². The molecule has 4 rings (SSSR count). The first-order chi connectivity index (χ1) is 13.6. The fraction of sp³-hybridized carbons (Fsp3) is 0.100. The Balaban J connectivity index is 2.00. The van der Waals surface area contributed by atoms with Gasteiger partial charge in [-0.15, -0.1) is 0 Å². The van der Waals surface area contributed by atoms with Crippen molar-refractivity contribution < 1.29 is 13.9 Å². The average Bonchev–Trinajstić information content (AvgIpc) is 3.07. The molecule has 0 saturated heterocycles. The molecule has 4 aromatic heterocycles. The van der Waals surface area contributed by atoms with Crippen LogP contribution in [0.25, 0.3) is 33.5 Å². The summed E-state index contributed by atoms with van der Waals surface area (Å²) in [6.07, 6.45) is 3.20. The monoisotopic (exact) mass is 377 g/mol. The predicted molar refractivity (Wildman–Crippen MR) is 103 cm³/mol. The highest BCUT2D eigenvalue weighted by atomic mass is 19.1. The van der Waals surface area contributed by atoms with Crippen molar-refractivity contribution in [3.8, 4) is 28.3 Å². The Morgan fingerprint density at radius 3 is 2.75 bits per heavy atom. The third kappa shape index (κ3) is 3.16. The summed E-state index contributed by atoms with van der Waals surface area (Å²) in [6.45, 7) is 1.41. The van der Waals surface area contributed by atoms with E-state index in [-0.39, 0.29) is 5.91 Å². The van der Waals surface area contributed by atoms with E-state index in [1.54, 1.807) is 49.8 Å². The maximum atomic E-state index is 13.8. The van der Waals surface area contributed by atoms with Gasteiger partial charge in [0, 0.05) is 30.9 Å². The van der Waals surface area contributed by atoms with E-state index in [1.807, 2.05) is 0 Å². The zero-order valence-corrected chi connectivity index (χ0v) is 15.2. The zero-order valence-electron chi connectivity index (χ0n) is 15.2. The number of H-pyrrole nitrogens is 1. The number of methoxy groups -OCH3 is 1. The Bertz CT molecular complexity index is 1190. The molecule has 4 heterocycles. The summed E-state index contributed by atoms with van der Waals surface area (Å²) in [5, 5.41) is 2.66. The van der Waals surface area contributed by atoms with Crippen LogP contribution in [-0.2, 0) is 4.79 Å². The summed E-state index contributed by atoms with van der Waals surface area (Å²) in [4.78, 5) is 27.3. The lowest BCUT2D eigenvalue weighted by Gasteiger charge is -2.07.